The summed E-state index contributed by atoms with van der Waals surface area (Å²) in [6.45, 7) is 0.119. The number of aryl methyl sites for hydroxylation is 2. The number of furan rings is 1. The zero-order chi connectivity index (χ0) is 42.3. The van der Waals surface area contributed by atoms with E-state index < -0.39 is 19.6 Å². The molecule has 1 fully saturated rings. The van der Waals surface area contributed by atoms with Gasteiger partial charge in [-0.3, -0.25) is 0 Å². The summed E-state index contributed by atoms with van der Waals surface area (Å²) in [6.07, 6.45) is 6.54. The van der Waals surface area contributed by atoms with Gasteiger partial charge in [0.25, 0.3) is 0 Å². The fraction of sp³-hybridized carbons (Fsp3) is 0.200. The van der Waals surface area contributed by atoms with Gasteiger partial charge in [0.05, 0.1) is 5.58 Å². The van der Waals surface area contributed by atoms with Crippen molar-refractivity contribution in [2.24, 2.45) is 5.41 Å². The van der Waals surface area contributed by atoms with E-state index >= 15 is 0 Å². The standard InChI is InChI=1S/C38H34NO.C12H10N.Ir/c1-25-24-39-35(23-34(25)29-17-15-26(16-18-29)27-19-21-38(2,3)22-20-27)33-14-8-13-32-31-12-7-11-30(36(31)40-37(32)33)28-9-5-4-6-10-28;1-10-7-8-12(13-9-10)11-5-3-2-4-6-11;/h4-13,15-18,23-24,27H,19-22H2,1-3H3;2-5,7-9H,1H3;/q2*-1;/i1D3,27D;1D3;. The average molecular weight is 888 g/mol. The van der Waals surface area contributed by atoms with Crippen LogP contribution in [0.4, 0.5) is 0 Å². The van der Waals surface area contributed by atoms with Crippen LogP contribution in [0.3, 0.4) is 0 Å². The van der Waals surface area contributed by atoms with Crippen LogP contribution < -0.4 is 0 Å². The molecule has 3 aromatic heterocycles. The Bertz CT molecular complexity index is 2750. The quantitative estimate of drug-likeness (QED) is 0.162. The third kappa shape index (κ3) is 7.87. The molecule has 4 heteroatoms. The normalized spacial score (nSPS) is 16.9. The number of nitrogens with zero attached hydrogens (tertiary/aromatic N) is 2. The Balaban J connectivity index is 0.000000278. The minimum Gasteiger partial charge on any atom is -0.500 e. The van der Waals surface area contributed by atoms with Crippen molar-refractivity contribution in [1.82, 2.24) is 9.97 Å². The predicted molar refractivity (Wildman–Crippen MR) is 220 cm³/mol. The van der Waals surface area contributed by atoms with E-state index in [1.54, 1.807) is 18.2 Å². The van der Waals surface area contributed by atoms with Crippen molar-refractivity contribution in [2.75, 3.05) is 0 Å². The summed E-state index contributed by atoms with van der Waals surface area (Å²) in [6, 6.07) is 47.0. The Morgan fingerprint density at radius 2 is 1.44 bits per heavy atom. The fourth-order valence-corrected chi connectivity index (χ4v) is 7.14. The molecule has 0 atom stereocenters. The van der Waals surface area contributed by atoms with Crippen molar-refractivity contribution < 1.29 is 34.1 Å². The predicted octanol–water partition coefficient (Wildman–Crippen LogP) is 13.6. The van der Waals surface area contributed by atoms with Gasteiger partial charge in [-0.1, -0.05) is 116 Å². The van der Waals surface area contributed by atoms with E-state index in [0.717, 1.165) is 75.5 Å². The van der Waals surface area contributed by atoms with Crippen molar-refractivity contribution in [3.05, 3.63) is 169 Å². The molecule has 5 aromatic carbocycles. The molecule has 0 saturated heterocycles. The molecule has 3 heterocycles. The molecule has 3 nitrogen and oxygen atoms in total. The molecule has 1 aliphatic rings. The molecule has 1 saturated carbocycles. The summed E-state index contributed by atoms with van der Waals surface area (Å²) in [5.74, 6) is -0.616. The molecule has 1 aliphatic carbocycles. The minimum absolute atomic E-state index is 0. The van der Waals surface area contributed by atoms with Crippen LogP contribution in [0, 0.1) is 31.3 Å². The number of hydrogen-bond donors (Lipinski definition) is 0. The smallest absolute Gasteiger partial charge is 0.128 e. The van der Waals surface area contributed by atoms with Crippen molar-refractivity contribution in [3.8, 4) is 44.8 Å². The first-order valence-corrected chi connectivity index (χ1v) is 18.1. The summed E-state index contributed by atoms with van der Waals surface area (Å²) in [5, 5.41) is 1.96. The fourth-order valence-electron chi connectivity index (χ4n) is 7.14. The Hall–Kier alpha value is -5.15. The molecular weight excluding hydrogens is 837 g/mol. The van der Waals surface area contributed by atoms with Gasteiger partial charge in [-0.25, -0.2) is 0 Å². The molecule has 54 heavy (non-hydrogen) atoms. The van der Waals surface area contributed by atoms with Crippen LogP contribution in [0.2, 0.25) is 0 Å². The molecular formula is C50H44IrN2O-2. The van der Waals surface area contributed by atoms with Crippen LogP contribution in [0.25, 0.3) is 66.7 Å². The van der Waals surface area contributed by atoms with Crippen LogP contribution >= 0.6 is 0 Å². The van der Waals surface area contributed by atoms with Gasteiger partial charge in [-0.05, 0) is 95.5 Å². The van der Waals surface area contributed by atoms with Gasteiger partial charge in [0, 0.05) is 53.0 Å². The van der Waals surface area contributed by atoms with E-state index in [2.05, 4.69) is 60.2 Å². The number of pyridine rings is 2. The SMILES string of the molecule is [2H]C([2H])([2H])c1ccc(-c2[c-]cccc2)nc1.[2H]C([2H])([2H])c1cnc(-c2[c-]ccc3c2oc2c(-c4ccccc4)cccc23)cc1-c1ccc(C2([2H])CCC(C)(C)CC2)cc1.[Ir]. The third-order valence-electron chi connectivity index (χ3n) is 10.3. The molecule has 1 radical (unpaired) electrons. The minimum atomic E-state index is -2.34. The molecule has 0 aliphatic heterocycles. The van der Waals surface area contributed by atoms with Gasteiger partial charge in [0.1, 0.15) is 5.58 Å². The Labute approximate surface area is 342 Å². The first-order chi connectivity index (χ1) is 28.6. The number of aromatic nitrogens is 2. The Morgan fingerprint density at radius 3 is 2.17 bits per heavy atom. The van der Waals surface area contributed by atoms with Crippen molar-refractivity contribution in [2.45, 2.75) is 59.1 Å². The van der Waals surface area contributed by atoms with Crippen molar-refractivity contribution >= 4 is 21.9 Å². The molecule has 8 aromatic rings. The molecule has 0 N–H and O–H groups in total. The van der Waals surface area contributed by atoms with Crippen LogP contribution in [0.15, 0.2) is 144 Å². The third-order valence-corrected chi connectivity index (χ3v) is 10.3. The van der Waals surface area contributed by atoms with Crippen molar-refractivity contribution in [3.63, 3.8) is 0 Å². The second-order valence-corrected chi connectivity index (χ2v) is 14.4. The first-order valence-electron chi connectivity index (χ1n) is 21.6. The van der Waals surface area contributed by atoms with Gasteiger partial charge in [-0.15, -0.1) is 54.1 Å². The van der Waals surface area contributed by atoms with Gasteiger partial charge in [-0.2, -0.15) is 0 Å². The van der Waals surface area contributed by atoms with E-state index in [1.807, 2.05) is 84.9 Å². The van der Waals surface area contributed by atoms with Gasteiger partial charge in [0.2, 0.25) is 0 Å². The number of hydrogen-bond acceptors (Lipinski definition) is 3. The zero-order valence-electron chi connectivity index (χ0n) is 37.2. The van der Waals surface area contributed by atoms with E-state index in [0.29, 0.717) is 22.4 Å². The molecule has 0 unspecified atom stereocenters. The van der Waals surface area contributed by atoms with E-state index in [9.17, 15) is 1.37 Å². The summed E-state index contributed by atoms with van der Waals surface area (Å²) in [5.41, 5.74) is 9.48. The molecule has 0 spiro atoms. The second-order valence-electron chi connectivity index (χ2n) is 14.4. The van der Waals surface area contributed by atoms with E-state index in [1.165, 1.54) is 12.4 Å². The maximum atomic E-state index is 9.18. The monoisotopic (exact) mass is 888 g/mol. The van der Waals surface area contributed by atoms with Crippen LogP contribution in [-0.2, 0) is 20.1 Å². The maximum absolute atomic E-state index is 9.18. The van der Waals surface area contributed by atoms with Crippen LogP contribution in [0.5, 0.6) is 0 Å². The average Bonchev–Trinajstić information content (AvgIpc) is 3.64. The van der Waals surface area contributed by atoms with Crippen LogP contribution in [-0.4, -0.2) is 9.97 Å². The zero-order valence-corrected chi connectivity index (χ0v) is 32.6. The second kappa shape index (κ2) is 16.1. The number of fused-ring (bicyclic) bond motifs is 3. The number of para-hydroxylation sites is 1. The first kappa shape index (κ1) is 29.2. The number of rotatable bonds is 5. The summed E-state index contributed by atoms with van der Waals surface area (Å²) >= 11 is 0. The molecule has 9 rings (SSSR count). The molecule has 0 bridgehead atoms. The summed E-state index contributed by atoms with van der Waals surface area (Å²) < 4.78 is 62.2. The Kier molecular flexibility index (Phi) is 8.70. The Morgan fingerprint density at radius 1 is 0.685 bits per heavy atom. The van der Waals surface area contributed by atoms with Gasteiger partial charge in [0.15, 0.2) is 0 Å². The molecule has 271 valence electrons. The summed E-state index contributed by atoms with van der Waals surface area (Å²) in [4.78, 5) is 8.76. The number of benzene rings is 5. The van der Waals surface area contributed by atoms with Crippen molar-refractivity contribution in [1.29, 1.82) is 0 Å². The van der Waals surface area contributed by atoms with Crippen LogP contribution in [0.1, 0.15) is 71.7 Å². The van der Waals surface area contributed by atoms with Gasteiger partial charge >= 0.3 is 0 Å². The largest absolute Gasteiger partial charge is 0.500 e. The summed E-state index contributed by atoms with van der Waals surface area (Å²) in [7, 11) is 0. The maximum Gasteiger partial charge on any atom is 0.128 e. The van der Waals surface area contributed by atoms with E-state index in [4.69, 9.17) is 12.6 Å². The van der Waals surface area contributed by atoms with E-state index in [-0.39, 0.29) is 36.6 Å². The topological polar surface area (TPSA) is 38.9 Å². The van der Waals surface area contributed by atoms with Gasteiger partial charge < -0.3 is 14.4 Å². The molecule has 0 amide bonds.